The van der Waals surface area contributed by atoms with Gasteiger partial charge in [0.2, 0.25) is 11.2 Å². The molecule has 20 heavy (non-hydrogen) atoms. The van der Waals surface area contributed by atoms with Gasteiger partial charge in [-0.1, -0.05) is 0 Å². The molecule has 2 aromatic rings. The van der Waals surface area contributed by atoms with Gasteiger partial charge in [-0.3, -0.25) is 0 Å². The van der Waals surface area contributed by atoms with Crippen LogP contribution in [0.15, 0.2) is 18.2 Å². The highest BCUT2D eigenvalue weighted by Crippen LogP contribution is 2.20. The minimum absolute atomic E-state index is 0.0454. The van der Waals surface area contributed by atoms with Crippen molar-refractivity contribution in [3.05, 3.63) is 34.9 Å². The lowest BCUT2D eigenvalue weighted by atomic mass is 10.2. The molecule has 0 unspecified atom stereocenters. The fourth-order valence-electron chi connectivity index (χ4n) is 1.39. The highest BCUT2D eigenvalue weighted by atomic mass is 35.5. The Morgan fingerprint density at radius 1 is 1.40 bits per heavy atom. The number of nitrogens with zero attached hydrogens (tertiary/aromatic N) is 4. The summed E-state index contributed by atoms with van der Waals surface area (Å²) in [6.07, 6.45) is 0. The molecule has 0 aliphatic heterocycles. The van der Waals surface area contributed by atoms with Crippen LogP contribution in [0.3, 0.4) is 0 Å². The van der Waals surface area contributed by atoms with Crippen LogP contribution < -0.4 is 10.1 Å². The monoisotopic (exact) mass is 293 g/mol. The molecule has 2 rings (SSSR count). The zero-order chi connectivity index (χ0) is 14.5. The molecule has 0 atom stereocenters. The van der Waals surface area contributed by atoms with E-state index in [1.165, 1.54) is 12.1 Å². The quantitative estimate of drug-likeness (QED) is 0.933. The first kappa shape index (κ1) is 14.0. The van der Waals surface area contributed by atoms with E-state index in [4.69, 9.17) is 21.6 Å². The van der Waals surface area contributed by atoms with Gasteiger partial charge in [0.05, 0.1) is 23.9 Å². The smallest absolute Gasteiger partial charge is 0.322 e. The molecule has 1 aromatic carbocycles. The third kappa shape index (κ3) is 3.30. The molecule has 0 saturated heterocycles. The Balaban J connectivity index is 2.28. The van der Waals surface area contributed by atoms with Crippen molar-refractivity contribution in [2.75, 3.05) is 11.9 Å². The number of aromatic nitrogens is 3. The van der Waals surface area contributed by atoms with Gasteiger partial charge in [0.1, 0.15) is 5.82 Å². The van der Waals surface area contributed by atoms with Crippen molar-refractivity contribution >= 4 is 23.2 Å². The second-order valence-corrected chi connectivity index (χ2v) is 3.91. The van der Waals surface area contributed by atoms with Crippen LogP contribution >= 0.6 is 11.6 Å². The summed E-state index contributed by atoms with van der Waals surface area (Å²) in [6, 6.07) is 5.87. The first-order valence-electron chi connectivity index (χ1n) is 5.63. The Kier molecular flexibility index (Phi) is 4.27. The fraction of sp³-hybridized carbons (Fsp3) is 0.167. The van der Waals surface area contributed by atoms with E-state index in [1.807, 2.05) is 6.07 Å². The average molecular weight is 294 g/mol. The molecule has 1 heterocycles. The Hall–Kier alpha value is -2.46. The van der Waals surface area contributed by atoms with Crippen molar-refractivity contribution in [3.8, 4) is 12.1 Å². The van der Waals surface area contributed by atoms with Crippen molar-refractivity contribution in [1.82, 2.24) is 15.0 Å². The maximum atomic E-state index is 13.7. The number of hydrogen-bond acceptors (Lipinski definition) is 6. The lowest BCUT2D eigenvalue weighted by molar-refractivity contribution is 0.312. The van der Waals surface area contributed by atoms with E-state index < -0.39 is 5.82 Å². The molecule has 6 nitrogen and oxygen atoms in total. The predicted molar refractivity (Wildman–Crippen MR) is 70.4 cm³/mol. The Labute approximate surface area is 119 Å². The zero-order valence-electron chi connectivity index (χ0n) is 10.4. The molecule has 0 amide bonds. The lowest BCUT2D eigenvalue weighted by Crippen LogP contribution is -2.04. The fourth-order valence-corrected chi connectivity index (χ4v) is 1.54. The van der Waals surface area contributed by atoms with E-state index in [-0.39, 0.29) is 28.5 Å². The number of rotatable bonds is 4. The van der Waals surface area contributed by atoms with Crippen LogP contribution in [-0.4, -0.2) is 21.6 Å². The molecule has 0 fully saturated rings. The summed E-state index contributed by atoms with van der Waals surface area (Å²) >= 11 is 5.72. The third-order valence-electron chi connectivity index (χ3n) is 2.21. The van der Waals surface area contributed by atoms with Crippen LogP contribution in [0.25, 0.3) is 0 Å². The summed E-state index contributed by atoms with van der Waals surface area (Å²) in [6.45, 7) is 2.14. The molecular weight excluding hydrogens is 285 g/mol. The second-order valence-electron chi connectivity index (χ2n) is 3.58. The number of nitriles is 1. The third-order valence-corrected chi connectivity index (χ3v) is 2.37. The van der Waals surface area contributed by atoms with Gasteiger partial charge in [0.15, 0.2) is 0 Å². The molecule has 102 valence electrons. The van der Waals surface area contributed by atoms with Crippen molar-refractivity contribution in [3.63, 3.8) is 0 Å². The van der Waals surface area contributed by atoms with Crippen LogP contribution in [0.2, 0.25) is 5.28 Å². The number of halogens is 2. The van der Waals surface area contributed by atoms with Crippen molar-refractivity contribution in [1.29, 1.82) is 5.26 Å². The molecule has 0 radical (unpaired) electrons. The van der Waals surface area contributed by atoms with Crippen LogP contribution in [0, 0.1) is 17.1 Å². The standard InChI is InChI=1S/C12H9ClFN5O/c1-2-20-12-18-10(13)17-11(19-12)16-9-4-3-7(6-15)5-8(9)14/h3-5H,2H2,1H3,(H,16,17,18,19). The second kappa shape index (κ2) is 6.12. The maximum absolute atomic E-state index is 13.7. The van der Waals surface area contributed by atoms with Gasteiger partial charge in [-0.05, 0) is 36.7 Å². The zero-order valence-corrected chi connectivity index (χ0v) is 11.1. The first-order chi connectivity index (χ1) is 9.62. The van der Waals surface area contributed by atoms with E-state index in [2.05, 4.69) is 20.3 Å². The molecule has 0 bridgehead atoms. The predicted octanol–water partition coefficient (Wildman–Crippen LogP) is 2.68. The van der Waals surface area contributed by atoms with E-state index in [0.717, 1.165) is 6.07 Å². The maximum Gasteiger partial charge on any atom is 0.322 e. The van der Waals surface area contributed by atoms with Gasteiger partial charge in [-0.25, -0.2) is 4.39 Å². The summed E-state index contributed by atoms with van der Waals surface area (Å²) in [5.74, 6) is -0.546. The SMILES string of the molecule is CCOc1nc(Cl)nc(Nc2ccc(C#N)cc2F)n1. The van der Waals surface area contributed by atoms with Gasteiger partial charge < -0.3 is 10.1 Å². The molecule has 0 aliphatic rings. The first-order valence-corrected chi connectivity index (χ1v) is 6.01. The number of hydrogen-bond donors (Lipinski definition) is 1. The topological polar surface area (TPSA) is 83.7 Å². The average Bonchev–Trinajstić information content (AvgIpc) is 2.41. The van der Waals surface area contributed by atoms with Crippen molar-refractivity contribution in [2.45, 2.75) is 6.92 Å². The number of nitrogens with one attached hydrogen (secondary N) is 1. The Morgan fingerprint density at radius 3 is 2.85 bits per heavy atom. The van der Waals surface area contributed by atoms with Crippen LogP contribution in [-0.2, 0) is 0 Å². The van der Waals surface area contributed by atoms with E-state index in [0.29, 0.717) is 6.61 Å². The lowest BCUT2D eigenvalue weighted by Gasteiger charge is -2.07. The number of anilines is 2. The summed E-state index contributed by atoms with van der Waals surface area (Å²) < 4.78 is 18.8. The minimum Gasteiger partial charge on any atom is -0.464 e. The number of ether oxygens (including phenoxy) is 1. The van der Waals surface area contributed by atoms with Crippen LogP contribution in [0.4, 0.5) is 16.0 Å². The van der Waals surface area contributed by atoms with Gasteiger partial charge >= 0.3 is 6.01 Å². The summed E-state index contributed by atoms with van der Waals surface area (Å²) in [7, 11) is 0. The molecular formula is C12H9ClFN5O. The molecule has 0 aliphatic carbocycles. The molecule has 0 saturated carbocycles. The number of benzene rings is 1. The summed E-state index contributed by atoms with van der Waals surface area (Å²) in [5.41, 5.74) is 0.338. The van der Waals surface area contributed by atoms with Crippen LogP contribution in [0.1, 0.15) is 12.5 Å². The van der Waals surface area contributed by atoms with Gasteiger partial charge in [0.25, 0.3) is 0 Å². The van der Waals surface area contributed by atoms with E-state index >= 15 is 0 Å². The normalized spacial score (nSPS) is 9.90. The summed E-state index contributed by atoms with van der Waals surface area (Å²) in [4.78, 5) is 11.5. The van der Waals surface area contributed by atoms with Gasteiger partial charge in [-0.15, -0.1) is 0 Å². The van der Waals surface area contributed by atoms with Crippen LogP contribution in [0.5, 0.6) is 6.01 Å². The van der Waals surface area contributed by atoms with E-state index in [9.17, 15) is 4.39 Å². The highest BCUT2D eigenvalue weighted by molar-refractivity contribution is 6.28. The minimum atomic E-state index is -0.599. The summed E-state index contributed by atoms with van der Waals surface area (Å²) in [5, 5.41) is 11.3. The largest absolute Gasteiger partial charge is 0.464 e. The van der Waals surface area contributed by atoms with Gasteiger partial charge in [-0.2, -0.15) is 20.2 Å². The van der Waals surface area contributed by atoms with Crippen molar-refractivity contribution < 1.29 is 9.13 Å². The van der Waals surface area contributed by atoms with Crippen molar-refractivity contribution in [2.24, 2.45) is 0 Å². The molecule has 1 N–H and O–H groups in total. The molecule has 8 heteroatoms. The van der Waals surface area contributed by atoms with Gasteiger partial charge in [0, 0.05) is 0 Å². The van der Waals surface area contributed by atoms with E-state index in [1.54, 1.807) is 6.92 Å². The highest BCUT2D eigenvalue weighted by Gasteiger charge is 2.09. The Bertz CT molecular complexity index is 673. The molecule has 1 aromatic heterocycles. The molecule has 0 spiro atoms. The Morgan fingerprint density at radius 2 is 2.20 bits per heavy atom.